The smallest absolute Gasteiger partial charge is 0.00949 e. The molecule has 2 nitrogen and oxygen atoms in total. The minimum absolute atomic E-state index is 0.463. The Morgan fingerprint density at radius 1 is 1.15 bits per heavy atom. The first-order chi connectivity index (χ1) is 9.56. The zero-order valence-corrected chi connectivity index (χ0v) is 14.7. The lowest BCUT2D eigenvalue weighted by Crippen LogP contribution is -2.46. The van der Waals surface area contributed by atoms with E-state index in [2.05, 4.69) is 45.0 Å². The van der Waals surface area contributed by atoms with Gasteiger partial charge in [-0.1, -0.05) is 40.5 Å². The highest BCUT2D eigenvalue weighted by Crippen LogP contribution is 2.31. The van der Waals surface area contributed by atoms with Crippen molar-refractivity contribution in [2.45, 2.75) is 78.7 Å². The molecule has 0 saturated heterocycles. The van der Waals surface area contributed by atoms with Gasteiger partial charge >= 0.3 is 0 Å². The van der Waals surface area contributed by atoms with Gasteiger partial charge in [-0.3, -0.25) is 0 Å². The Morgan fingerprint density at radius 3 is 2.40 bits per heavy atom. The van der Waals surface area contributed by atoms with Crippen LogP contribution < -0.4 is 5.32 Å². The molecule has 0 bridgehead atoms. The molecule has 0 aromatic rings. The average Bonchev–Trinajstić information content (AvgIpc) is 2.46. The van der Waals surface area contributed by atoms with Crippen molar-refractivity contribution in [1.29, 1.82) is 0 Å². The van der Waals surface area contributed by atoms with Crippen LogP contribution in [0.1, 0.15) is 72.6 Å². The van der Waals surface area contributed by atoms with Crippen molar-refractivity contribution in [2.24, 2.45) is 11.3 Å². The summed E-state index contributed by atoms with van der Waals surface area (Å²) in [6, 6.07) is 0.822. The maximum atomic E-state index is 3.67. The van der Waals surface area contributed by atoms with Crippen LogP contribution in [0.4, 0.5) is 0 Å². The Kier molecular flexibility index (Phi) is 8.13. The van der Waals surface area contributed by atoms with Crippen LogP contribution in [0.5, 0.6) is 0 Å². The quantitative estimate of drug-likeness (QED) is 0.634. The van der Waals surface area contributed by atoms with Gasteiger partial charge in [-0.15, -0.1) is 0 Å². The minimum Gasteiger partial charge on any atom is -0.316 e. The second-order valence-electron chi connectivity index (χ2n) is 7.22. The monoisotopic (exact) mass is 282 g/mol. The second kappa shape index (κ2) is 9.04. The van der Waals surface area contributed by atoms with E-state index in [4.69, 9.17) is 0 Å². The van der Waals surface area contributed by atoms with Crippen LogP contribution >= 0.6 is 0 Å². The summed E-state index contributed by atoms with van der Waals surface area (Å²) in [7, 11) is 2.36. The molecule has 1 saturated carbocycles. The van der Waals surface area contributed by atoms with Crippen molar-refractivity contribution < 1.29 is 0 Å². The van der Waals surface area contributed by atoms with E-state index >= 15 is 0 Å². The summed E-state index contributed by atoms with van der Waals surface area (Å²) in [5.74, 6) is 0.923. The Morgan fingerprint density at radius 2 is 1.85 bits per heavy atom. The first-order valence-corrected chi connectivity index (χ1v) is 8.97. The molecule has 0 amide bonds. The van der Waals surface area contributed by atoms with Gasteiger partial charge in [0.25, 0.3) is 0 Å². The molecular formula is C18H38N2. The fraction of sp³-hybridized carbons (Fsp3) is 1.00. The maximum absolute atomic E-state index is 3.67. The summed E-state index contributed by atoms with van der Waals surface area (Å²) in [5, 5.41) is 3.67. The van der Waals surface area contributed by atoms with Crippen LogP contribution in [0.3, 0.4) is 0 Å². The van der Waals surface area contributed by atoms with Gasteiger partial charge in [-0.25, -0.2) is 0 Å². The molecule has 0 spiro atoms. The summed E-state index contributed by atoms with van der Waals surface area (Å²) < 4.78 is 0. The fourth-order valence-electron chi connectivity index (χ4n) is 3.77. The van der Waals surface area contributed by atoms with E-state index in [0.29, 0.717) is 5.41 Å². The minimum atomic E-state index is 0.463. The SMILES string of the molecule is CCCNCC(CC)(CC)CN(C)C1CCCC(C)C1. The van der Waals surface area contributed by atoms with Crippen LogP contribution in [0.15, 0.2) is 0 Å². The third-order valence-electron chi connectivity index (χ3n) is 5.54. The highest BCUT2D eigenvalue weighted by atomic mass is 15.1. The molecule has 120 valence electrons. The molecule has 0 aliphatic heterocycles. The summed E-state index contributed by atoms with van der Waals surface area (Å²) in [6.45, 7) is 13.0. The summed E-state index contributed by atoms with van der Waals surface area (Å²) in [6.07, 6.45) is 9.48. The van der Waals surface area contributed by atoms with Crippen molar-refractivity contribution in [3.8, 4) is 0 Å². The van der Waals surface area contributed by atoms with Crippen molar-refractivity contribution >= 4 is 0 Å². The van der Waals surface area contributed by atoms with Gasteiger partial charge in [0.1, 0.15) is 0 Å². The lowest BCUT2D eigenvalue weighted by Gasteiger charge is -2.41. The van der Waals surface area contributed by atoms with Crippen molar-refractivity contribution in [3.63, 3.8) is 0 Å². The van der Waals surface area contributed by atoms with Crippen LogP contribution in [-0.4, -0.2) is 37.6 Å². The van der Waals surface area contributed by atoms with Gasteiger partial charge in [-0.2, -0.15) is 0 Å². The molecule has 0 aromatic carbocycles. The number of hydrogen-bond acceptors (Lipinski definition) is 2. The average molecular weight is 283 g/mol. The molecule has 20 heavy (non-hydrogen) atoms. The molecule has 1 rings (SSSR count). The standard InChI is InChI=1S/C18H38N2/c1-6-12-19-14-18(7-2,8-3)15-20(5)17-11-9-10-16(4)13-17/h16-17,19H,6-15H2,1-5H3. The first-order valence-electron chi connectivity index (χ1n) is 8.97. The van der Waals surface area contributed by atoms with Gasteiger partial charge in [0, 0.05) is 19.1 Å². The summed E-state index contributed by atoms with van der Waals surface area (Å²) >= 11 is 0. The van der Waals surface area contributed by atoms with E-state index in [0.717, 1.165) is 18.5 Å². The Hall–Kier alpha value is -0.0800. The van der Waals surface area contributed by atoms with Gasteiger partial charge in [0.2, 0.25) is 0 Å². The van der Waals surface area contributed by atoms with E-state index in [1.165, 1.54) is 58.0 Å². The molecule has 2 unspecified atom stereocenters. The van der Waals surface area contributed by atoms with Crippen LogP contribution in [0.2, 0.25) is 0 Å². The topological polar surface area (TPSA) is 15.3 Å². The molecule has 0 radical (unpaired) electrons. The first kappa shape index (κ1) is 18.0. The Labute approximate surface area is 127 Å². The molecular weight excluding hydrogens is 244 g/mol. The largest absolute Gasteiger partial charge is 0.316 e. The number of nitrogens with zero attached hydrogens (tertiary/aromatic N) is 1. The van der Waals surface area contributed by atoms with E-state index in [1.54, 1.807) is 0 Å². The highest BCUT2D eigenvalue weighted by Gasteiger charge is 2.31. The van der Waals surface area contributed by atoms with E-state index in [9.17, 15) is 0 Å². The van der Waals surface area contributed by atoms with Gasteiger partial charge in [0.05, 0.1) is 0 Å². The molecule has 1 aliphatic rings. The normalized spacial score (nSPS) is 24.3. The zero-order chi connectivity index (χ0) is 15.0. The number of rotatable bonds is 9. The Balaban J connectivity index is 2.54. The van der Waals surface area contributed by atoms with Gasteiger partial charge in [0.15, 0.2) is 0 Å². The number of hydrogen-bond donors (Lipinski definition) is 1. The van der Waals surface area contributed by atoms with E-state index in [1.807, 2.05) is 0 Å². The Bertz CT molecular complexity index is 248. The lowest BCUT2D eigenvalue weighted by molar-refractivity contribution is 0.0920. The second-order valence-corrected chi connectivity index (χ2v) is 7.22. The molecule has 0 aromatic heterocycles. The maximum Gasteiger partial charge on any atom is 0.00949 e. The van der Waals surface area contributed by atoms with Crippen LogP contribution in [-0.2, 0) is 0 Å². The summed E-state index contributed by atoms with van der Waals surface area (Å²) in [5.41, 5.74) is 0.463. The molecule has 2 atom stereocenters. The third-order valence-corrected chi connectivity index (χ3v) is 5.54. The van der Waals surface area contributed by atoms with E-state index in [-0.39, 0.29) is 0 Å². The molecule has 0 heterocycles. The lowest BCUT2D eigenvalue weighted by atomic mass is 9.80. The third kappa shape index (κ3) is 5.37. The van der Waals surface area contributed by atoms with E-state index < -0.39 is 0 Å². The molecule has 2 heteroatoms. The predicted octanol–water partition coefficient (Wildman–Crippen LogP) is 4.30. The summed E-state index contributed by atoms with van der Waals surface area (Å²) in [4.78, 5) is 2.68. The van der Waals surface area contributed by atoms with Crippen molar-refractivity contribution in [3.05, 3.63) is 0 Å². The van der Waals surface area contributed by atoms with Crippen LogP contribution in [0, 0.1) is 11.3 Å². The molecule has 1 N–H and O–H groups in total. The zero-order valence-electron chi connectivity index (χ0n) is 14.7. The van der Waals surface area contributed by atoms with Gasteiger partial charge < -0.3 is 10.2 Å². The van der Waals surface area contributed by atoms with Crippen molar-refractivity contribution in [2.75, 3.05) is 26.7 Å². The highest BCUT2D eigenvalue weighted by molar-refractivity contribution is 4.86. The molecule has 1 aliphatic carbocycles. The van der Waals surface area contributed by atoms with Crippen molar-refractivity contribution in [1.82, 2.24) is 10.2 Å². The fourth-order valence-corrected chi connectivity index (χ4v) is 3.77. The molecule has 1 fully saturated rings. The van der Waals surface area contributed by atoms with Gasteiger partial charge in [-0.05, 0) is 57.0 Å². The predicted molar refractivity (Wildman–Crippen MR) is 90.2 cm³/mol. The number of nitrogens with one attached hydrogen (secondary N) is 1. The van der Waals surface area contributed by atoms with Crippen LogP contribution in [0.25, 0.3) is 0 Å².